The number of rotatable bonds is 8. The molecule has 0 unspecified atom stereocenters. The number of benzene rings is 2. The first kappa shape index (κ1) is 19.9. The minimum absolute atomic E-state index is 0.102. The van der Waals surface area contributed by atoms with E-state index in [4.69, 9.17) is 4.74 Å². The van der Waals surface area contributed by atoms with Crippen LogP contribution < -0.4 is 10.1 Å². The van der Waals surface area contributed by atoms with Gasteiger partial charge in [0.1, 0.15) is 11.4 Å². The molecule has 1 N–H and O–H groups in total. The maximum absolute atomic E-state index is 12.0. The van der Waals surface area contributed by atoms with Crippen LogP contribution in [0.2, 0.25) is 0 Å². The Labute approximate surface area is 160 Å². The first-order valence-electron chi connectivity index (χ1n) is 8.36. The summed E-state index contributed by atoms with van der Waals surface area (Å²) < 4.78 is 6.57. The molecular formula is C19H21BrN2O4. The van der Waals surface area contributed by atoms with Crippen LogP contribution in [-0.2, 0) is 11.2 Å². The highest BCUT2D eigenvalue weighted by Crippen LogP contribution is 2.27. The van der Waals surface area contributed by atoms with Crippen molar-refractivity contribution in [3.8, 4) is 5.75 Å². The van der Waals surface area contributed by atoms with Crippen LogP contribution in [0.25, 0.3) is 0 Å². The monoisotopic (exact) mass is 420 g/mol. The minimum Gasteiger partial charge on any atom is -0.492 e. The van der Waals surface area contributed by atoms with Gasteiger partial charge in [-0.3, -0.25) is 14.9 Å². The van der Waals surface area contributed by atoms with Gasteiger partial charge in [-0.2, -0.15) is 0 Å². The molecule has 26 heavy (non-hydrogen) atoms. The van der Waals surface area contributed by atoms with Gasteiger partial charge in [-0.15, -0.1) is 0 Å². The third-order valence-corrected chi connectivity index (χ3v) is 4.45. The molecular weight excluding hydrogens is 400 g/mol. The Hall–Kier alpha value is -2.41. The van der Waals surface area contributed by atoms with E-state index in [1.165, 1.54) is 11.6 Å². The third kappa shape index (κ3) is 5.56. The van der Waals surface area contributed by atoms with Gasteiger partial charge in [0, 0.05) is 12.5 Å². The zero-order chi connectivity index (χ0) is 19.1. The largest absolute Gasteiger partial charge is 0.492 e. The van der Waals surface area contributed by atoms with E-state index in [0.29, 0.717) is 13.0 Å². The molecule has 7 heteroatoms. The van der Waals surface area contributed by atoms with Crippen molar-refractivity contribution in [3.63, 3.8) is 0 Å². The average molecular weight is 421 g/mol. The van der Waals surface area contributed by atoms with Gasteiger partial charge in [-0.05, 0) is 65.0 Å². The summed E-state index contributed by atoms with van der Waals surface area (Å²) in [5.41, 5.74) is 2.09. The molecule has 0 aliphatic rings. The number of hydrogen-bond acceptors (Lipinski definition) is 4. The molecule has 2 aromatic rings. The van der Waals surface area contributed by atoms with Crippen molar-refractivity contribution in [1.29, 1.82) is 0 Å². The molecule has 0 saturated heterocycles. The Morgan fingerprint density at radius 2 is 2.04 bits per heavy atom. The molecule has 0 aliphatic heterocycles. The number of hydrogen-bond donors (Lipinski definition) is 1. The Kier molecular flexibility index (Phi) is 7.15. The standard InChI is InChI=1S/C19H21BrN2O4/c1-3-14-7-9-18(15(20)12-14)26-10-4-5-19(23)21-16-8-6-13(2)11-17(16)22(24)25/h6-9,11-12H,3-5,10H2,1-2H3,(H,21,23). The molecule has 138 valence electrons. The summed E-state index contributed by atoms with van der Waals surface area (Å²) in [5.74, 6) is 0.456. The van der Waals surface area contributed by atoms with Crippen molar-refractivity contribution in [1.82, 2.24) is 0 Å². The summed E-state index contributed by atoms with van der Waals surface area (Å²) in [6.07, 6.45) is 1.67. The van der Waals surface area contributed by atoms with E-state index >= 15 is 0 Å². The summed E-state index contributed by atoms with van der Waals surface area (Å²) >= 11 is 3.47. The molecule has 2 aromatic carbocycles. The number of halogens is 1. The molecule has 0 saturated carbocycles. The fourth-order valence-corrected chi connectivity index (χ4v) is 2.95. The summed E-state index contributed by atoms with van der Waals surface area (Å²) in [6, 6.07) is 10.6. The zero-order valence-corrected chi connectivity index (χ0v) is 16.3. The van der Waals surface area contributed by atoms with E-state index in [9.17, 15) is 14.9 Å². The van der Waals surface area contributed by atoms with Crippen molar-refractivity contribution < 1.29 is 14.5 Å². The van der Waals surface area contributed by atoms with Crippen molar-refractivity contribution in [3.05, 3.63) is 62.1 Å². The van der Waals surface area contributed by atoms with Crippen LogP contribution in [-0.4, -0.2) is 17.4 Å². The summed E-state index contributed by atoms with van der Waals surface area (Å²) in [4.78, 5) is 22.6. The Morgan fingerprint density at radius 1 is 1.27 bits per heavy atom. The lowest BCUT2D eigenvalue weighted by molar-refractivity contribution is -0.384. The van der Waals surface area contributed by atoms with E-state index in [1.807, 2.05) is 18.2 Å². The van der Waals surface area contributed by atoms with Gasteiger partial charge < -0.3 is 10.1 Å². The lowest BCUT2D eigenvalue weighted by Gasteiger charge is -2.10. The van der Waals surface area contributed by atoms with Gasteiger partial charge in [-0.1, -0.05) is 19.1 Å². The lowest BCUT2D eigenvalue weighted by Crippen LogP contribution is -2.14. The van der Waals surface area contributed by atoms with E-state index in [1.54, 1.807) is 19.1 Å². The number of anilines is 1. The van der Waals surface area contributed by atoms with Crippen molar-refractivity contribution >= 4 is 33.2 Å². The summed E-state index contributed by atoms with van der Waals surface area (Å²) in [6.45, 7) is 4.23. The molecule has 2 rings (SSSR count). The van der Waals surface area contributed by atoms with Crippen LogP contribution in [0.5, 0.6) is 5.75 Å². The zero-order valence-electron chi connectivity index (χ0n) is 14.8. The van der Waals surface area contributed by atoms with Crippen molar-refractivity contribution in [2.24, 2.45) is 0 Å². The van der Waals surface area contributed by atoms with Gasteiger partial charge >= 0.3 is 0 Å². The molecule has 0 atom stereocenters. The smallest absolute Gasteiger partial charge is 0.293 e. The van der Waals surface area contributed by atoms with Gasteiger partial charge in [0.15, 0.2) is 0 Å². The normalized spacial score (nSPS) is 10.4. The van der Waals surface area contributed by atoms with Crippen molar-refractivity contribution in [2.75, 3.05) is 11.9 Å². The summed E-state index contributed by atoms with van der Waals surface area (Å²) in [5, 5.41) is 13.7. The molecule has 0 fully saturated rings. The predicted molar refractivity (Wildman–Crippen MR) is 105 cm³/mol. The van der Waals surface area contributed by atoms with Gasteiger partial charge in [0.25, 0.3) is 5.69 Å². The fraction of sp³-hybridized carbons (Fsp3) is 0.316. The maximum Gasteiger partial charge on any atom is 0.293 e. The quantitative estimate of drug-likeness (QED) is 0.369. The number of nitrogens with zero attached hydrogens (tertiary/aromatic N) is 1. The average Bonchev–Trinajstić information content (AvgIpc) is 2.61. The van der Waals surface area contributed by atoms with Crippen LogP contribution in [0.1, 0.15) is 30.9 Å². The molecule has 6 nitrogen and oxygen atoms in total. The topological polar surface area (TPSA) is 81.5 Å². The third-order valence-electron chi connectivity index (χ3n) is 3.83. The number of nitrogens with one attached hydrogen (secondary N) is 1. The maximum atomic E-state index is 12.0. The number of carbonyl (C=O) groups is 1. The van der Waals surface area contributed by atoms with E-state index in [0.717, 1.165) is 22.2 Å². The molecule has 0 bridgehead atoms. The van der Waals surface area contributed by atoms with E-state index in [2.05, 4.69) is 28.2 Å². The first-order valence-corrected chi connectivity index (χ1v) is 9.16. The number of nitro benzene ring substituents is 1. The van der Waals surface area contributed by atoms with Gasteiger partial charge in [0.2, 0.25) is 5.91 Å². The molecule has 0 heterocycles. The highest BCUT2D eigenvalue weighted by Gasteiger charge is 2.15. The Bertz CT molecular complexity index is 808. The molecule has 1 amide bonds. The number of carbonyl (C=O) groups excluding carboxylic acids is 1. The summed E-state index contributed by atoms with van der Waals surface area (Å²) in [7, 11) is 0. The number of aryl methyl sites for hydroxylation is 2. The molecule has 0 aliphatic carbocycles. The Morgan fingerprint density at radius 3 is 2.69 bits per heavy atom. The SMILES string of the molecule is CCc1ccc(OCCCC(=O)Nc2ccc(C)cc2[N+](=O)[O-])c(Br)c1. The predicted octanol–water partition coefficient (Wildman–Crippen LogP) is 5.03. The van der Waals surface area contributed by atoms with Crippen molar-refractivity contribution in [2.45, 2.75) is 33.1 Å². The van der Waals surface area contributed by atoms with Crippen LogP contribution in [0.15, 0.2) is 40.9 Å². The van der Waals surface area contributed by atoms with Crippen LogP contribution in [0, 0.1) is 17.0 Å². The Balaban J connectivity index is 1.84. The second-order valence-electron chi connectivity index (χ2n) is 5.90. The second kappa shape index (κ2) is 9.33. The lowest BCUT2D eigenvalue weighted by atomic mass is 10.2. The first-order chi connectivity index (χ1) is 12.4. The van der Waals surface area contributed by atoms with Crippen LogP contribution >= 0.6 is 15.9 Å². The highest BCUT2D eigenvalue weighted by molar-refractivity contribution is 9.10. The van der Waals surface area contributed by atoms with Crippen LogP contribution in [0.3, 0.4) is 0 Å². The van der Waals surface area contributed by atoms with Crippen LogP contribution in [0.4, 0.5) is 11.4 Å². The van der Waals surface area contributed by atoms with E-state index < -0.39 is 4.92 Å². The minimum atomic E-state index is -0.497. The number of ether oxygens (including phenoxy) is 1. The molecule has 0 spiro atoms. The highest BCUT2D eigenvalue weighted by atomic mass is 79.9. The van der Waals surface area contributed by atoms with Gasteiger partial charge in [-0.25, -0.2) is 0 Å². The van der Waals surface area contributed by atoms with Gasteiger partial charge in [0.05, 0.1) is 16.0 Å². The molecule has 0 aromatic heterocycles. The number of nitro groups is 1. The second-order valence-corrected chi connectivity index (χ2v) is 6.75. The van der Waals surface area contributed by atoms with E-state index in [-0.39, 0.29) is 23.7 Å². The number of amides is 1. The fourth-order valence-electron chi connectivity index (χ4n) is 2.41. The molecule has 0 radical (unpaired) electrons.